The number of para-hydroxylation sites is 1. The highest BCUT2D eigenvalue weighted by molar-refractivity contribution is 5.55. The van der Waals surface area contributed by atoms with E-state index in [1.54, 1.807) is 0 Å². The van der Waals surface area contributed by atoms with Crippen molar-refractivity contribution >= 4 is 5.69 Å². The van der Waals surface area contributed by atoms with Crippen LogP contribution in [0.2, 0.25) is 0 Å². The van der Waals surface area contributed by atoms with E-state index in [2.05, 4.69) is 29.2 Å². The van der Waals surface area contributed by atoms with Gasteiger partial charge in [-0.3, -0.25) is 0 Å². The molecule has 2 aliphatic rings. The summed E-state index contributed by atoms with van der Waals surface area (Å²) in [5, 5.41) is 0. The molecule has 1 aliphatic carbocycles. The minimum atomic E-state index is 0.657. The number of hydrogen-bond acceptors (Lipinski definition) is 2. The van der Waals surface area contributed by atoms with Crippen molar-refractivity contribution in [1.82, 2.24) is 0 Å². The van der Waals surface area contributed by atoms with Crippen LogP contribution >= 0.6 is 0 Å². The van der Waals surface area contributed by atoms with Crippen molar-refractivity contribution < 1.29 is 0 Å². The number of rotatable bonds is 2. The summed E-state index contributed by atoms with van der Waals surface area (Å²) in [6.45, 7) is 1.91. The first-order valence-corrected chi connectivity index (χ1v) is 5.93. The lowest BCUT2D eigenvalue weighted by atomic mass is 10.1. The standard InChI is InChI=1S/C13H18N2/c14-8-11-3-1-2-4-13(11)15-9-10-5-6-12(15)7-10/h1-4,10,12H,5-9,14H2. The van der Waals surface area contributed by atoms with Crippen LogP contribution in [0.25, 0.3) is 0 Å². The lowest BCUT2D eigenvalue weighted by Gasteiger charge is -2.30. The Hall–Kier alpha value is -1.02. The van der Waals surface area contributed by atoms with Crippen molar-refractivity contribution in [3.05, 3.63) is 29.8 Å². The molecule has 0 amide bonds. The summed E-state index contributed by atoms with van der Waals surface area (Å²) in [5.41, 5.74) is 8.47. The van der Waals surface area contributed by atoms with Crippen LogP contribution in [0.15, 0.2) is 24.3 Å². The Morgan fingerprint density at radius 2 is 2.13 bits per heavy atom. The highest BCUT2D eigenvalue weighted by Crippen LogP contribution is 2.40. The van der Waals surface area contributed by atoms with Gasteiger partial charge < -0.3 is 10.6 Å². The van der Waals surface area contributed by atoms with Gasteiger partial charge in [0.25, 0.3) is 0 Å². The molecule has 1 saturated carbocycles. The first-order chi connectivity index (χ1) is 7.38. The van der Waals surface area contributed by atoms with Crippen LogP contribution < -0.4 is 10.6 Å². The Morgan fingerprint density at radius 1 is 1.27 bits per heavy atom. The zero-order chi connectivity index (χ0) is 10.3. The number of hydrogen-bond donors (Lipinski definition) is 1. The number of nitrogens with two attached hydrogens (primary N) is 1. The Bertz CT molecular complexity index is 361. The zero-order valence-electron chi connectivity index (χ0n) is 9.02. The van der Waals surface area contributed by atoms with Gasteiger partial charge in [0.1, 0.15) is 0 Å². The van der Waals surface area contributed by atoms with E-state index < -0.39 is 0 Å². The molecule has 80 valence electrons. The van der Waals surface area contributed by atoms with Crippen LogP contribution in [0.1, 0.15) is 24.8 Å². The lowest BCUT2D eigenvalue weighted by Crippen LogP contribution is -2.32. The minimum absolute atomic E-state index is 0.657. The molecule has 1 saturated heterocycles. The Balaban J connectivity index is 1.92. The maximum absolute atomic E-state index is 5.79. The van der Waals surface area contributed by atoms with E-state index in [0.29, 0.717) is 6.54 Å². The molecule has 2 N–H and O–H groups in total. The van der Waals surface area contributed by atoms with Crippen molar-refractivity contribution in [2.45, 2.75) is 31.8 Å². The summed E-state index contributed by atoms with van der Waals surface area (Å²) in [5.74, 6) is 0.945. The van der Waals surface area contributed by atoms with E-state index >= 15 is 0 Å². The van der Waals surface area contributed by atoms with Gasteiger partial charge in [-0.25, -0.2) is 0 Å². The highest BCUT2D eigenvalue weighted by Gasteiger charge is 2.38. The molecule has 1 aromatic carbocycles. The fourth-order valence-corrected chi connectivity index (χ4v) is 3.18. The number of piperidine rings is 1. The lowest BCUT2D eigenvalue weighted by molar-refractivity contribution is 0.552. The van der Waals surface area contributed by atoms with E-state index in [0.717, 1.165) is 12.0 Å². The van der Waals surface area contributed by atoms with Gasteiger partial charge in [-0.1, -0.05) is 18.2 Å². The van der Waals surface area contributed by atoms with E-state index in [1.165, 1.54) is 37.1 Å². The van der Waals surface area contributed by atoms with E-state index in [-0.39, 0.29) is 0 Å². The maximum Gasteiger partial charge on any atom is 0.0414 e. The predicted octanol–water partition coefficient (Wildman–Crippen LogP) is 2.13. The predicted molar refractivity (Wildman–Crippen MR) is 62.8 cm³/mol. The molecule has 1 aromatic rings. The van der Waals surface area contributed by atoms with Gasteiger partial charge in [0.15, 0.2) is 0 Å². The molecule has 0 spiro atoms. The van der Waals surface area contributed by atoms with Crippen LogP contribution in [0.5, 0.6) is 0 Å². The molecule has 3 rings (SSSR count). The molecule has 2 unspecified atom stereocenters. The maximum atomic E-state index is 5.79. The fourth-order valence-electron chi connectivity index (χ4n) is 3.18. The molecule has 0 aromatic heterocycles. The van der Waals surface area contributed by atoms with Gasteiger partial charge in [-0.05, 0) is 36.8 Å². The second-order valence-electron chi connectivity index (χ2n) is 4.82. The second-order valence-corrected chi connectivity index (χ2v) is 4.82. The van der Waals surface area contributed by atoms with Crippen molar-refractivity contribution in [2.75, 3.05) is 11.4 Å². The summed E-state index contributed by atoms with van der Waals surface area (Å²) in [7, 11) is 0. The quantitative estimate of drug-likeness (QED) is 0.796. The van der Waals surface area contributed by atoms with E-state index in [1.807, 2.05) is 0 Å². The third-order valence-corrected chi connectivity index (χ3v) is 3.93. The summed E-state index contributed by atoms with van der Waals surface area (Å²) in [6, 6.07) is 9.38. The number of benzene rings is 1. The number of nitrogens with zero attached hydrogens (tertiary/aromatic N) is 1. The third-order valence-electron chi connectivity index (χ3n) is 3.93. The van der Waals surface area contributed by atoms with Gasteiger partial charge in [0, 0.05) is 24.8 Å². The average Bonchev–Trinajstić information content (AvgIpc) is 2.90. The second kappa shape index (κ2) is 3.53. The Kier molecular flexibility index (Phi) is 2.17. The van der Waals surface area contributed by atoms with Gasteiger partial charge in [-0.15, -0.1) is 0 Å². The topological polar surface area (TPSA) is 29.3 Å². The zero-order valence-corrected chi connectivity index (χ0v) is 9.02. The smallest absolute Gasteiger partial charge is 0.0414 e. The Morgan fingerprint density at radius 3 is 2.80 bits per heavy atom. The third kappa shape index (κ3) is 1.44. The molecule has 2 heteroatoms. The monoisotopic (exact) mass is 202 g/mol. The van der Waals surface area contributed by atoms with Gasteiger partial charge in [-0.2, -0.15) is 0 Å². The summed E-state index contributed by atoms with van der Waals surface area (Å²) in [6.07, 6.45) is 4.22. The molecule has 0 radical (unpaired) electrons. The minimum Gasteiger partial charge on any atom is -0.368 e. The van der Waals surface area contributed by atoms with Gasteiger partial charge in [0.2, 0.25) is 0 Å². The molecule has 1 aliphatic heterocycles. The largest absolute Gasteiger partial charge is 0.368 e. The molecule has 2 bridgehead atoms. The van der Waals surface area contributed by atoms with Crippen LogP contribution in [0.3, 0.4) is 0 Å². The fraction of sp³-hybridized carbons (Fsp3) is 0.538. The average molecular weight is 202 g/mol. The number of fused-ring (bicyclic) bond motifs is 2. The normalized spacial score (nSPS) is 28.7. The molecule has 1 heterocycles. The SMILES string of the molecule is NCc1ccccc1N1CC2CCC1C2. The molecule has 2 atom stereocenters. The van der Waals surface area contributed by atoms with Crippen molar-refractivity contribution in [1.29, 1.82) is 0 Å². The first-order valence-electron chi connectivity index (χ1n) is 5.93. The van der Waals surface area contributed by atoms with Gasteiger partial charge >= 0.3 is 0 Å². The van der Waals surface area contributed by atoms with E-state index in [9.17, 15) is 0 Å². The van der Waals surface area contributed by atoms with E-state index in [4.69, 9.17) is 5.73 Å². The molecular formula is C13H18N2. The van der Waals surface area contributed by atoms with Crippen LogP contribution in [-0.4, -0.2) is 12.6 Å². The van der Waals surface area contributed by atoms with Crippen molar-refractivity contribution in [2.24, 2.45) is 11.7 Å². The highest BCUT2D eigenvalue weighted by atomic mass is 15.2. The molecular weight excluding hydrogens is 184 g/mol. The van der Waals surface area contributed by atoms with Gasteiger partial charge in [0.05, 0.1) is 0 Å². The first kappa shape index (κ1) is 9.22. The van der Waals surface area contributed by atoms with Crippen LogP contribution in [0, 0.1) is 5.92 Å². The molecule has 2 fully saturated rings. The Labute approximate surface area is 91.1 Å². The summed E-state index contributed by atoms with van der Waals surface area (Å²) >= 11 is 0. The van der Waals surface area contributed by atoms with Crippen LogP contribution in [0.4, 0.5) is 5.69 Å². The number of anilines is 1. The summed E-state index contributed by atoms with van der Waals surface area (Å²) < 4.78 is 0. The molecule has 2 nitrogen and oxygen atoms in total. The molecule has 15 heavy (non-hydrogen) atoms. The van der Waals surface area contributed by atoms with Crippen molar-refractivity contribution in [3.8, 4) is 0 Å². The van der Waals surface area contributed by atoms with Crippen molar-refractivity contribution in [3.63, 3.8) is 0 Å². The van der Waals surface area contributed by atoms with Crippen LogP contribution in [-0.2, 0) is 6.54 Å². The summed E-state index contributed by atoms with van der Waals surface area (Å²) in [4.78, 5) is 2.58.